The van der Waals surface area contributed by atoms with Gasteiger partial charge in [0.05, 0.1) is 19.8 Å². The first kappa shape index (κ1) is 28.9. The Morgan fingerprint density at radius 3 is 1.94 bits per heavy atom. The Balaban J connectivity index is 1.27. The van der Waals surface area contributed by atoms with E-state index in [1.54, 1.807) is 0 Å². The lowest BCUT2D eigenvalue weighted by Gasteiger charge is -2.15. The van der Waals surface area contributed by atoms with Gasteiger partial charge in [-0.1, -0.05) is 6.42 Å². The van der Waals surface area contributed by atoms with Crippen LogP contribution in [-0.2, 0) is 14.3 Å². The number of amides is 2. The highest BCUT2D eigenvalue weighted by molar-refractivity contribution is 5.78. The van der Waals surface area contributed by atoms with Crippen molar-refractivity contribution in [1.29, 1.82) is 0 Å². The number of nitrogens with two attached hydrogens (primary N) is 2. The number of rotatable bonds is 19. The zero-order valence-electron chi connectivity index (χ0n) is 21.0. The number of likely N-dealkylation sites (tertiary alicyclic amines) is 2. The molecule has 2 aliphatic heterocycles. The highest BCUT2D eigenvalue weighted by Crippen LogP contribution is 2.07. The maximum atomic E-state index is 12.0. The van der Waals surface area contributed by atoms with Gasteiger partial charge in [-0.3, -0.25) is 14.6 Å². The van der Waals surface area contributed by atoms with Crippen molar-refractivity contribution in [2.75, 3.05) is 78.8 Å². The number of carbonyl (C=O) groups excluding carboxylic acids is 2. The highest BCUT2D eigenvalue weighted by Gasteiger charge is 2.18. The summed E-state index contributed by atoms with van der Waals surface area (Å²) < 4.78 is 11.2. The van der Waals surface area contributed by atoms with E-state index in [9.17, 15) is 9.59 Å². The van der Waals surface area contributed by atoms with E-state index in [-0.39, 0.29) is 6.03 Å². The van der Waals surface area contributed by atoms with Gasteiger partial charge in [-0.05, 0) is 45.2 Å². The Bertz CT molecular complexity index is 520. The van der Waals surface area contributed by atoms with Crippen LogP contribution < -0.4 is 22.1 Å². The van der Waals surface area contributed by atoms with Crippen LogP contribution in [0.25, 0.3) is 0 Å². The van der Waals surface area contributed by atoms with Crippen LogP contribution in [0.5, 0.6) is 0 Å². The maximum Gasteiger partial charge on any atom is 0.314 e. The molecule has 2 saturated heterocycles. The zero-order valence-corrected chi connectivity index (χ0v) is 21.0. The van der Waals surface area contributed by atoms with E-state index in [1.165, 1.54) is 0 Å². The fourth-order valence-corrected chi connectivity index (χ4v) is 4.34. The van der Waals surface area contributed by atoms with Gasteiger partial charge >= 0.3 is 6.03 Å². The molecule has 0 aliphatic carbocycles. The van der Waals surface area contributed by atoms with Crippen LogP contribution in [0.1, 0.15) is 51.4 Å². The Morgan fingerprint density at radius 1 is 0.735 bits per heavy atom. The second-order valence-electron chi connectivity index (χ2n) is 9.56. The summed E-state index contributed by atoms with van der Waals surface area (Å²) in [5.74, 6) is 0.299. The van der Waals surface area contributed by atoms with Crippen molar-refractivity contribution < 1.29 is 19.1 Å². The molecule has 2 atom stereocenters. The molecule has 0 radical (unpaired) electrons. The second kappa shape index (κ2) is 18.0. The lowest BCUT2D eigenvalue weighted by Crippen LogP contribution is -2.38. The third-order valence-electron chi connectivity index (χ3n) is 6.42. The van der Waals surface area contributed by atoms with E-state index in [4.69, 9.17) is 20.9 Å². The van der Waals surface area contributed by atoms with E-state index in [2.05, 4.69) is 20.4 Å². The van der Waals surface area contributed by atoms with Gasteiger partial charge in [0.15, 0.2) is 0 Å². The molecule has 2 rings (SSSR count). The summed E-state index contributed by atoms with van der Waals surface area (Å²) in [5.41, 5.74) is 11.8. The normalized spacial score (nSPS) is 21.2. The molecule has 0 aromatic rings. The SMILES string of the molecule is N[C@H]1CCN(CCOCCCC(=O)CCCCCNC(=O)NCCOCCN2CC[C@H](N)C2)C1. The van der Waals surface area contributed by atoms with Gasteiger partial charge in [-0.25, -0.2) is 4.79 Å². The second-order valence-corrected chi connectivity index (χ2v) is 9.56. The number of unbranched alkanes of at least 4 members (excludes halogenated alkanes) is 2. The van der Waals surface area contributed by atoms with E-state index >= 15 is 0 Å². The number of carbonyl (C=O) groups is 2. The molecule has 2 amide bonds. The molecular weight excluding hydrogens is 436 g/mol. The predicted octanol–water partition coefficient (Wildman–Crippen LogP) is 0.295. The van der Waals surface area contributed by atoms with Crippen molar-refractivity contribution in [1.82, 2.24) is 20.4 Å². The van der Waals surface area contributed by atoms with Crippen molar-refractivity contribution in [3.05, 3.63) is 0 Å². The molecule has 198 valence electrons. The van der Waals surface area contributed by atoms with Crippen LogP contribution in [-0.4, -0.2) is 112 Å². The molecular formula is C24H48N6O4. The van der Waals surface area contributed by atoms with Crippen LogP contribution in [0.3, 0.4) is 0 Å². The van der Waals surface area contributed by atoms with Crippen molar-refractivity contribution >= 4 is 11.8 Å². The number of ketones is 1. The molecule has 2 heterocycles. The van der Waals surface area contributed by atoms with Crippen LogP contribution >= 0.6 is 0 Å². The minimum atomic E-state index is -0.169. The largest absolute Gasteiger partial charge is 0.380 e. The monoisotopic (exact) mass is 484 g/mol. The molecule has 34 heavy (non-hydrogen) atoms. The van der Waals surface area contributed by atoms with Crippen molar-refractivity contribution in [3.63, 3.8) is 0 Å². The van der Waals surface area contributed by atoms with Crippen molar-refractivity contribution in [3.8, 4) is 0 Å². The number of ether oxygens (including phenoxy) is 2. The Morgan fingerprint density at radius 2 is 1.32 bits per heavy atom. The Hall–Kier alpha value is -1.30. The minimum absolute atomic E-state index is 0.169. The molecule has 0 unspecified atom stereocenters. The summed E-state index contributed by atoms with van der Waals surface area (Å²) in [7, 11) is 0. The number of hydrogen-bond acceptors (Lipinski definition) is 8. The molecule has 0 aromatic heterocycles. The number of nitrogens with zero attached hydrogens (tertiary/aromatic N) is 2. The van der Waals surface area contributed by atoms with Gasteiger partial charge < -0.3 is 31.6 Å². The van der Waals surface area contributed by atoms with E-state index < -0.39 is 0 Å². The highest BCUT2D eigenvalue weighted by atomic mass is 16.5. The topological polar surface area (TPSA) is 135 Å². The fraction of sp³-hybridized carbons (Fsp3) is 0.917. The van der Waals surface area contributed by atoms with Gasteiger partial charge in [-0.2, -0.15) is 0 Å². The summed E-state index contributed by atoms with van der Waals surface area (Å²) in [5, 5.41) is 5.65. The summed E-state index contributed by atoms with van der Waals surface area (Å²) in [6.45, 7) is 9.48. The van der Waals surface area contributed by atoms with Crippen LogP contribution in [0.2, 0.25) is 0 Å². The van der Waals surface area contributed by atoms with Crippen LogP contribution in [0.15, 0.2) is 0 Å². The van der Waals surface area contributed by atoms with Gasteiger partial charge in [0.1, 0.15) is 5.78 Å². The average molecular weight is 485 g/mol. The van der Waals surface area contributed by atoms with E-state index in [0.717, 1.165) is 77.8 Å². The molecule has 0 spiro atoms. The first-order chi connectivity index (χ1) is 16.5. The van der Waals surface area contributed by atoms with Gasteiger partial charge in [0.2, 0.25) is 0 Å². The van der Waals surface area contributed by atoms with Crippen LogP contribution in [0, 0.1) is 0 Å². The molecule has 10 nitrogen and oxygen atoms in total. The number of nitrogens with one attached hydrogen (secondary N) is 2. The Labute approximate surface area is 205 Å². The minimum Gasteiger partial charge on any atom is -0.380 e. The van der Waals surface area contributed by atoms with E-state index in [0.29, 0.717) is 70.2 Å². The number of hydrogen-bond donors (Lipinski definition) is 4. The third kappa shape index (κ3) is 14.2. The molecule has 10 heteroatoms. The summed E-state index contributed by atoms with van der Waals surface area (Å²) in [6, 6.07) is 0.440. The van der Waals surface area contributed by atoms with Gasteiger partial charge in [0.25, 0.3) is 0 Å². The van der Waals surface area contributed by atoms with Crippen molar-refractivity contribution in [2.45, 2.75) is 63.5 Å². The fourth-order valence-electron chi connectivity index (χ4n) is 4.34. The molecule has 0 saturated carbocycles. The predicted molar refractivity (Wildman–Crippen MR) is 134 cm³/mol. The molecule has 0 bridgehead atoms. The summed E-state index contributed by atoms with van der Waals surface area (Å²) >= 11 is 0. The average Bonchev–Trinajstić information content (AvgIpc) is 3.42. The standard InChI is InChI=1S/C24H48N6O4/c25-21-7-11-29(19-21)13-17-33-15-4-6-23(31)5-2-1-3-9-27-24(32)28-10-16-34-18-14-30-12-8-22(26)20-30/h21-22H,1-20,25-26H2,(H2,27,28,32)/t21-,22-/m0/s1. The first-order valence-electron chi connectivity index (χ1n) is 13.2. The summed E-state index contributed by atoms with van der Waals surface area (Å²) in [6.07, 6.45) is 6.79. The number of urea groups is 1. The first-order valence-corrected chi connectivity index (χ1v) is 13.2. The molecule has 2 aliphatic rings. The molecule has 2 fully saturated rings. The van der Waals surface area contributed by atoms with Gasteiger partial charge in [0, 0.05) is 70.8 Å². The van der Waals surface area contributed by atoms with Crippen LogP contribution in [0.4, 0.5) is 4.79 Å². The van der Waals surface area contributed by atoms with E-state index in [1.807, 2.05) is 0 Å². The van der Waals surface area contributed by atoms with Crippen molar-refractivity contribution in [2.24, 2.45) is 11.5 Å². The maximum absolute atomic E-state index is 12.0. The lowest BCUT2D eigenvalue weighted by molar-refractivity contribution is -0.119. The van der Waals surface area contributed by atoms with Gasteiger partial charge in [-0.15, -0.1) is 0 Å². The number of Topliss-reactive ketones (excluding diaryl/α,β-unsaturated/α-hetero) is 1. The molecule has 0 aromatic carbocycles. The lowest BCUT2D eigenvalue weighted by atomic mass is 10.1. The Kier molecular flexibility index (Phi) is 15.3. The summed E-state index contributed by atoms with van der Waals surface area (Å²) in [4.78, 5) is 28.4. The molecule has 6 N–H and O–H groups in total. The smallest absolute Gasteiger partial charge is 0.314 e. The quantitative estimate of drug-likeness (QED) is 0.192. The zero-order chi connectivity index (χ0) is 24.4. The third-order valence-corrected chi connectivity index (χ3v) is 6.42.